The molecule has 0 bridgehead atoms. The van der Waals surface area contributed by atoms with E-state index < -0.39 is 0 Å². The number of benzene rings is 10. The molecular weight excluding hydrogens is 1060 g/mol. The maximum atomic E-state index is 2.81. The van der Waals surface area contributed by atoms with Crippen LogP contribution in [0.3, 0.4) is 0 Å². The molecular formula is C85H91N3. The number of fused-ring (bicyclic) bond motifs is 9. The Morgan fingerprint density at radius 3 is 0.955 bits per heavy atom. The molecule has 10 aromatic carbocycles. The van der Waals surface area contributed by atoms with Crippen LogP contribution in [0.4, 0.5) is 34.1 Å². The van der Waals surface area contributed by atoms with Crippen LogP contribution in [0, 0.1) is 16.2 Å². The van der Waals surface area contributed by atoms with Crippen LogP contribution in [0.5, 0.6) is 0 Å². The van der Waals surface area contributed by atoms with Crippen molar-refractivity contribution in [2.45, 2.75) is 193 Å². The third-order valence-corrected chi connectivity index (χ3v) is 25.3. The third kappa shape index (κ3) is 7.03. The maximum absolute atomic E-state index is 2.81. The molecule has 0 radical (unpaired) electrons. The highest BCUT2D eigenvalue weighted by molar-refractivity contribution is 6.30. The summed E-state index contributed by atoms with van der Waals surface area (Å²) in [5, 5.41) is 8.06. The minimum Gasteiger partial charge on any atom is -0.334 e. The van der Waals surface area contributed by atoms with Gasteiger partial charge < -0.3 is 14.7 Å². The zero-order valence-electron chi connectivity index (χ0n) is 54.7. The predicted octanol–water partition coefficient (Wildman–Crippen LogP) is 23.9. The van der Waals surface area contributed by atoms with Gasteiger partial charge in [0.15, 0.2) is 0 Å². The monoisotopic (exact) mass is 1150 g/mol. The van der Waals surface area contributed by atoms with E-state index in [1.54, 1.807) is 0 Å². The van der Waals surface area contributed by atoms with E-state index in [1.165, 1.54) is 194 Å². The topological polar surface area (TPSA) is 9.72 Å². The number of hydrogen-bond donors (Lipinski definition) is 0. The zero-order valence-corrected chi connectivity index (χ0v) is 54.7. The first-order valence-corrected chi connectivity index (χ1v) is 33.9. The van der Waals surface area contributed by atoms with Crippen molar-refractivity contribution in [3.63, 3.8) is 0 Å². The highest BCUT2D eigenvalue weighted by Gasteiger charge is 2.68. The van der Waals surface area contributed by atoms with Gasteiger partial charge in [-0.15, -0.1) is 0 Å². The Balaban J connectivity index is 0.949. The fraction of sp³-hybridized carbons (Fsp3) is 0.388. The average molecular weight is 1150 g/mol. The number of hydrogen-bond acceptors (Lipinski definition) is 3. The number of rotatable bonds is 6. The van der Waals surface area contributed by atoms with Crippen molar-refractivity contribution in [3.8, 4) is 33.4 Å². The zero-order chi connectivity index (χ0) is 60.8. The second-order valence-electron chi connectivity index (χ2n) is 32.0. The van der Waals surface area contributed by atoms with Crippen LogP contribution in [0.2, 0.25) is 0 Å². The molecule has 3 nitrogen and oxygen atoms in total. The predicted molar refractivity (Wildman–Crippen MR) is 376 cm³/mol. The van der Waals surface area contributed by atoms with Gasteiger partial charge in [0.05, 0.1) is 16.6 Å². The van der Waals surface area contributed by atoms with E-state index in [2.05, 4.69) is 286 Å². The minimum atomic E-state index is -0.0969. The molecule has 3 aliphatic heterocycles. The van der Waals surface area contributed by atoms with Crippen LogP contribution in [-0.4, -0.2) is 16.6 Å². The number of para-hydroxylation sites is 3. The van der Waals surface area contributed by atoms with Gasteiger partial charge in [-0.2, -0.15) is 0 Å². The van der Waals surface area contributed by atoms with E-state index in [9.17, 15) is 0 Å². The Labute approximate surface area is 525 Å². The summed E-state index contributed by atoms with van der Waals surface area (Å²) in [6.07, 6.45) is 14.5. The lowest BCUT2D eigenvalue weighted by Gasteiger charge is -2.59. The largest absolute Gasteiger partial charge is 0.334 e. The first kappa shape index (κ1) is 55.9. The Kier molecular flexibility index (Phi) is 12.0. The normalized spacial score (nSPS) is 26.8. The molecule has 10 aromatic rings. The Bertz CT molecular complexity index is 4260. The van der Waals surface area contributed by atoms with E-state index in [-0.39, 0.29) is 49.1 Å². The molecule has 6 unspecified atom stereocenters. The van der Waals surface area contributed by atoms with E-state index in [4.69, 9.17) is 0 Å². The maximum Gasteiger partial charge on any atom is 0.0594 e. The van der Waals surface area contributed by atoms with Gasteiger partial charge in [0.1, 0.15) is 0 Å². The van der Waals surface area contributed by atoms with Gasteiger partial charge in [-0.05, 0) is 216 Å². The van der Waals surface area contributed by atoms with Crippen LogP contribution in [0.1, 0.15) is 177 Å². The van der Waals surface area contributed by atoms with Crippen molar-refractivity contribution in [1.29, 1.82) is 0 Å². The Hall–Kier alpha value is -7.36. The summed E-state index contributed by atoms with van der Waals surface area (Å²) in [6, 6.07) is 74.6. The number of nitrogens with zero attached hydrogens (tertiary/aromatic N) is 3. The van der Waals surface area contributed by atoms with E-state index in [1.807, 2.05) is 0 Å². The van der Waals surface area contributed by atoms with Crippen molar-refractivity contribution in [1.82, 2.24) is 0 Å². The second kappa shape index (κ2) is 18.9. The quantitative estimate of drug-likeness (QED) is 0.154. The average Bonchev–Trinajstić information content (AvgIpc) is 1.52. The molecule has 3 heteroatoms. The van der Waals surface area contributed by atoms with E-state index in [0.717, 1.165) is 0 Å². The molecule has 0 N–H and O–H groups in total. The van der Waals surface area contributed by atoms with Crippen molar-refractivity contribution in [2.24, 2.45) is 16.2 Å². The summed E-state index contributed by atoms with van der Waals surface area (Å²) in [5.74, 6) is 0. The lowest BCUT2D eigenvalue weighted by molar-refractivity contribution is 0.0607. The molecule has 3 saturated carbocycles. The van der Waals surface area contributed by atoms with Crippen LogP contribution in [0.15, 0.2) is 188 Å². The fourth-order valence-electron chi connectivity index (χ4n) is 21.9. The van der Waals surface area contributed by atoms with Crippen LogP contribution >= 0.6 is 0 Å². The summed E-state index contributed by atoms with van der Waals surface area (Å²) in [6.45, 7) is 30.6. The smallest absolute Gasteiger partial charge is 0.0594 e. The molecule has 0 amide bonds. The van der Waals surface area contributed by atoms with Crippen LogP contribution < -0.4 is 14.7 Å². The van der Waals surface area contributed by atoms with E-state index in [0.29, 0.717) is 0 Å². The standard InChI is InChI=1S/C85H91N3/c1-77(2,3)83-49-25-22-46-80(83,10)69-52-57(36-43-72(69)86(83)60-28-16-13-17-29-60)63-39-34-56-35-40-65-67(58-37-44-73-70(53-58)81(11)47-23-26-50-84(81,78(4,5)6)87(73)61-30-18-14-19-31-61)55-68(66-42-41-64(63)75(56)76(65)66)59-38-45-74-71(54-59)82(12)48-24-27-51-85(82,79(7,8)9)88(74)62-32-20-15-21-33-62/h13-21,28-45,52-55H,22-27,46-51H2,1-12H3. The third-order valence-electron chi connectivity index (χ3n) is 25.3. The fourth-order valence-corrected chi connectivity index (χ4v) is 21.9. The van der Waals surface area contributed by atoms with Gasteiger partial charge in [0.25, 0.3) is 0 Å². The molecule has 0 aromatic heterocycles. The number of anilines is 6. The van der Waals surface area contributed by atoms with Crippen LogP contribution in [0.25, 0.3) is 65.7 Å². The molecule has 0 spiro atoms. The van der Waals surface area contributed by atoms with Crippen molar-refractivity contribution in [3.05, 3.63) is 205 Å². The minimum absolute atomic E-state index is 0.00220. The molecule has 6 atom stereocenters. The van der Waals surface area contributed by atoms with E-state index >= 15 is 0 Å². The summed E-state index contributed by atoms with van der Waals surface area (Å²) >= 11 is 0. The van der Waals surface area contributed by atoms with Gasteiger partial charge in [-0.1, -0.05) is 231 Å². The summed E-state index contributed by atoms with van der Waals surface area (Å²) in [5.41, 5.74) is 20.1. The Morgan fingerprint density at radius 2 is 0.602 bits per heavy atom. The van der Waals surface area contributed by atoms with Crippen molar-refractivity contribution in [2.75, 3.05) is 14.7 Å². The molecule has 3 heterocycles. The van der Waals surface area contributed by atoms with Gasteiger partial charge in [0, 0.05) is 50.4 Å². The van der Waals surface area contributed by atoms with Crippen molar-refractivity contribution < 1.29 is 0 Å². The molecule has 88 heavy (non-hydrogen) atoms. The lowest BCUT2D eigenvalue weighted by Crippen LogP contribution is -2.64. The molecule has 16 rings (SSSR count). The van der Waals surface area contributed by atoms with Gasteiger partial charge in [0.2, 0.25) is 0 Å². The molecule has 0 saturated heterocycles. The van der Waals surface area contributed by atoms with Gasteiger partial charge in [-0.25, -0.2) is 0 Å². The second-order valence-corrected chi connectivity index (χ2v) is 32.0. The first-order valence-electron chi connectivity index (χ1n) is 33.9. The summed E-state index contributed by atoms with van der Waals surface area (Å²) in [4.78, 5) is 8.42. The summed E-state index contributed by atoms with van der Waals surface area (Å²) < 4.78 is 0. The van der Waals surface area contributed by atoms with Crippen molar-refractivity contribution >= 4 is 66.4 Å². The SMILES string of the molecule is CC(C)(C)C12CCCCC1(C)c1cc(-c3ccc4ccc5c(-c6ccc7c(c6)C6(C)CCCCC6(C(C)(C)C)N7c6ccccc6)cc(-c6ccc7c(c6)C6(C)CCCCC6(C(C)(C)C)N7c6ccccc6)c6ccc3c4c56)ccc1N2c1ccccc1. The molecule has 3 aliphatic carbocycles. The van der Waals surface area contributed by atoms with Crippen LogP contribution in [-0.2, 0) is 16.2 Å². The highest BCUT2D eigenvalue weighted by Crippen LogP contribution is 2.70. The summed E-state index contributed by atoms with van der Waals surface area (Å²) in [7, 11) is 0. The van der Waals surface area contributed by atoms with Gasteiger partial charge in [-0.3, -0.25) is 0 Å². The van der Waals surface area contributed by atoms with Gasteiger partial charge >= 0.3 is 0 Å². The molecule has 6 aliphatic rings. The lowest BCUT2D eigenvalue weighted by atomic mass is 9.52. The highest BCUT2D eigenvalue weighted by atomic mass is 15.3. The molecule has 3 fully saturated rings. The molecule has 446 valence electrons. The Morgan fingerprint density at radius 1 is 0.295 bits per heavy atom. The first-order chi connectivity index (χ1) is 42.1.